The number of nitro groups is 1. The summed E-state index contributed by atoms with van der Waals surface area (Å²) in [4.78, 5) is 29.1. The van der Waals surface area contributed by atoms with Gasteiger partial charge in [0.2, 0.25) is 11.7 Å². The minimum atomic E-state index is -0.555. The number of aryl methyl sites for hydroxylation is 1. The van der Waals surface area contributed by atoms with Crippen LogP contribution in [0.15, 0.2) is 22.0 Å². The van der Waals surface area contributed by atoms with E-state index in [0.717, 1.165) is 0 Å². The van der Waals surface area contributed by atoms with Crippen molar-refractivity contribution in [1.29, 1.82) is 0 Å². The third-order valence-corrected chi connectivity index (χ3v) is 3.54. The zero-order valence-electron chi connectivity index (χ0n) is 14.8. The van der Waals surface area contributed by atoms with Gasteiger partial charge in [-0.05, 0) is 26.8 Å². The van der Waals surface area contributed by atoms with Gasteiger partial charge in [0, 0.05) is 22.9 Å². The summed E-state index contributed by atoms with van der Waals surface area (Å²) < 4.78 is 10.5. The number of hydrogen-bond donors (Lipinski definition) is 2. The molecule has 0 amide bonds. The van der Waals surface area contributed by atoms with Gasteiger partial charge in [-0.3, -0.25) is 19.9 Å². The topological polar surface area (TPSA) is 132 Å². The molecule has 0 spiro atoms. The lowest BCUT2D eigenvalue weighted by Crippen LogP contribution is -2.15. The molecule has 10 heteroatoms. The van der Waals surface area contributed by atoms with E-state index in [9.17, 15) is 14.9 Å². The van der Waals surface area contributed by atoms with Crippen LogP contribution in [0.25, 0.3) is 0 Å². The van der Waals surface area contributed by atoms with Crippen LogP contribution in [0.1, 0.15) is 23.7 Å². The summed E-state index contributed by atoms with van der Waals surface area (Å²) >= 11 is 0. The van der Waals surface area contributed by atoms with E-state index in [1.54, 1.807) is 26.8 Å². The van der Waals surface area contributed by atoms with Crippen LogP contribution in [0, 0.1) is 24.0 Å². The molecular formula is C16H19N5O5. The van der Waals surface area contributed by atoms with Gasteiger partial charge in [-0.1, -0.05) is 0 Å². The molecule has 0 aliphatic carbocycles. The fraction of sp³-hybridized carbons (Fsp3) is 0.312. The number of benzene rings is 1. The monoisotopic (exact) mass is 361 g/mol. The fourth-order valence-electron chi connectivity index (χ4n) is 2.13. The number of H-pyrrole nitrogens is 1. The molecular weight excluding hydrogens is 342 g/mol. The number of methoxy groups -OCH3 is 1. The van der Waals surface area contributed by atoms with Gasteiger partial charge >= 0.3 is 5.69 Å². The summed E-state index contributed by atoms with van der Waals surface area (Å²) in [5, 5.41) is 15.2. The summed E-state index contributed by atoms with van der Waals surface area (Å²) in [6.07, 6.45) is 1.35. The van der Waals surface area contributed by atoms with Crippen LogP contribution in [0.3, 0.4) is 0 Å². The number of nitrogens with zero attached hydrogens (tertiary/aromatic N) is 3. The van der Waals surface area contributed by atoms with Gasteiger partial charge in [-0.15, -0.1) is 0 Å². The van der Waals surface area contributed by atoms with Crippen LogP contribution in [0.2, 0.25) is 0 Å². The lowest BCUT2D eigenvalue weighted by Gasteiger charge is -2.10. The Kier molecular flexibility index (Phi) is 5.89. The van der Waals surface area contributed by atoms with E-state index < -0.39 is 4.92 Å². The van der Waals surface area contributed by atoms with E-state index in [2.05, 4.69) is 20.5 Å². The number of ether oxygens (including phenoxy) is 2. The van der Waals surface area contributed by atoms with Gasteiger partial charge < -0.3 is 9.47 Å². The largest absolute Gasteiger partial charge is 0.493 e. The molecule has 1 heterocycles. The van der Waals surface area contributed by atoms with E-state index in [0.29, 0.717) is 16.8 Å². The first-order valence-electron chi connectivity index (χ1n) is 7.73. The Morgan fingerprint density at radius 2 is 2.15 bits per heavy atom. The molecule has 0 radical (unpaired) electrons. The van der Waals surface area contributed by atoms with Gasteiger partial charge in [-0.25, -0.2) is 10.4 Å². The maximum Gasteiger partial charge on any atom is 0.315 e. The molecule has 0 unspecified atom stereocenters. The minimum absolute atomic E-state index is 0.0604. The lowest BCUT2D eigenvalue weighted by molar-refractivity contribution is -0.385. The van der Waals surface area contributed by atoms with E-state index in [1.807, 2.05) is 0 Å². The van der Waals surface area contributed by atoms with Crippen molar-refractivity contribution in [1.82, 2.24) is 9.97 Å². The highest BCUT2D eigenvalue weighted by Crippen LogP contribution is 2.37. The van der Waals surface area contributed by atoms with Crippen molar-refractivity contribution in [3.8, 4) is 11.5 Å². The smallest absolute Gasteiger partial charge is 0.315 e. The quantitative estimate of drug-likeness (QED) is 0.439. The zero-order chi connectivity index (χ0) is 19.3. The van der Waals surface area contributed by atoms with Gasteiger partial charge in [0.15, 0.2) is 5.75 Å². The van der Waals surface area contributed by atoms with E-state index >= 15 is 0 Å². The molecule has 1 aromatic carbocycles. The Bertz CT molecular complexity index is 907. The van der Waals surface area contributed by atoms with Crippen LogP contribution in [-0.4, -0.2) is 34.8 Å². The third kappa shape index (κ3) is 4.15. The first kappa shape index (κ1) is 18.9. The summed E-state index contributed by atoms with van der Waals surface area (Å²) in [6, 6.07) is 2.87. The first-order chi connectivity index (χ1) is 12.4. The molecule has 0 bridgehead atoms. The van der Waals surface area contributed by atoms with Crippen molar-refractivity contribution in [3.05, 3.63) is 49.4 Å². The molecule has 26 heavy (non-hydrogen) atoms. The van der Waals surface area contributed by atoms with E-state index in [-0.39, 0.29) is 35.3 Å². The van der Waals surface area contributed by atoms with Gasteiger partial charge in [0.1, 0.15) is 0 Å². The predicted molar refractivity (Wildman–Crippen MR) is 96.4 cm³/mol. The molecule has 10 nitrogen and oxygen atoms in total. The second-order valence-corrected chi connectivity index (χ2v) is 5.26. The number of aromatic amines is 1. The number of nitrogens with one attached hydrogen (secondary N) is 2. The van der Waals surface area contributed by atoms with E-state index in [1.165, 1.54) is 19.4 Å². The SMILES string of the molecule is CCOc1c(OC)cc(/C=N\Nc2nc(C)c(C)c(=O)[nH]2)cc1[N+](=O)[O-]. The summed E-state index contributed by atoms with van der Waals surface area (Å²) in [7, 11) is 1.39. The van der Waals surface area contributed by atoms with Crippen LogP contribution in [0.5, 0.6) is 11.5 Å². The van der Waals surface area contributed by atoms with Crippen LogP contribution >= 0.6 is 0 Å². The average molecular weight is 361 g/mol. The van der Waals surface area contributed by atoms with Crippen LogP contribution < -0.4 is 20.5 Å². The molecule has 138 valence electrons. The van der Waals surface area contributed by atoms with Gasteiger partial charge in [0.05, 0.1) is 24.9 Å². The Morgan fingerprint density at radius 3 is 2.73 bits per heavy atom. The molecule has 0 atom stereocenters. The molecule has 0 saturated carbocycles. The highest BCUT2D eigenvalue weighted by atomic mass is 16.6. The highest BCUT2D eigenvalue weighted by molar-refractivity contribution is 5.83. The Labute approximate surface area is 149 Å². The molecule has 0 fully saturated rings. The summed E-state index contributed by atoms with van der Waals surface area (Å²) in [5.41, 5.74) is 3.59. The third-order valence-electron chi connectivity index (χ3n) is 3.54. The second-order valence-electron chi connectivity index (χ2n) is 5.26. The number of hydrogen-bond acceptors (Lipinski definition) is 8. The van der Waals surface area contributed by atoms with Gasteiger partial charge in [0.25, 0.3) is 5.56 Å². The number of rotatable bonds is 7. The van der Waals surface area contributed by atoms with Gasteiger partial charge in [-0.2, -0.15) is 5.10 Å². The maximum absolute atomic E-state index is 11.7. The Balaban J connectivity index is 2.31. The standard InChI is InChI=1S/C16H19N5O5/c1-5-26-14-12(21(23)24)6-11(7-13(14)25-4)8-17-20-16-18-10(3)9(2)15(22)19-16/h6-8H,5H2,1-4H3,(H2,18,19,20,22)/b17-8-. The fourth-order valence-corrected chi connectivity index (χ4v) is 2.13. The second kappa shape index (κ2) is 8.10. The lowest BCUT2D eigenvalue weighted by atomic mass is 10.2. The van der Waals surface area contributed by atoms with Crippen LogP contribution in [-0.2, 0) is 0 Å². The number of hydrazone groups is 1. The van der Waals surface area contributed by atoms with Crippen molar-refractivity contribution in [2.24, 2.45) is 5.10 Å². The Hall–Kier alpha value is -3.43. The number of aromatic nitrogens is 2. The number of nitro benzene ring substituents is 1. The molecule has 2 aromatic rings. The molecule has 0 aliphatic rings. The maximum atomic E-state index is 11.7. The molecule has 2 N–H and O–H groups in total. The van der Waals surface area contributed by atoms with Crippen molar-refractivity contribution >= 4 is 17.9 Å². The number of anilines is 1. The normalized spacial score (nSPS) is 10.8. The zero-order valence-corrected chi connectivity index (χ0v) is 14.8. The minimum Gasteiger partial charge on any atom is -0.493 e. The first-order valence-corrected chi connectivity index (χ1v) is 7.73. The van der Waals surface area contributed by atoms with Crippen molar-refractivity contribution < 1.29 is 14.4 Å². The summed E-state index contributed by atoms with van der Waals surface area (Å²) in [6.45, 7) is 5.36. The molecule has 1 aromatic heterocycles. The van der Waals surface area contributed by atoms with Crippen molar-refractivity contribution in [2.75, 3.05) is 19.1 Å². The summed E-state index contributed by atoms with van der Waals surface area (Å²) in [5.74, 6) is 0.451. The predicted octanol–water partition coefficient (Wildman–Crippen LogP) is 2.15. The molecule has 0 saturated heterocycles. The highest BCUT2D eigenvalue weighted by Gasteiger charge is 2.21. The Morgan fingerprint density at radius 1 is 1.42 bits per heavy atom. The molecule has 0 aliphatic heterocycles. The van der Waals surface area contributed by atoms with E-state index in [4.69, 9.17) is 9.47 Å². The van der Waals surface area contributed by atoms with Crippen molar-refractivity contribution in [3.63, 3.8) is 0 Å². The molecule has 2 rings (SSSR count). The van der Waals surface area contributed by atoms with Crippen LogP contribution in [0.4, 0.5) is 11.6 Å². The average Bonchev–Trinajstić information content (AvgIpc) is 2.60. The van der Waals surface area contributed by atoms with Crippen molar-refractivity contribution in [2.45, 2.75) is 20.8 Å².